The van der Waals surface area contributed by atoms with Gasteiger partial charge < -0.3 is 9.80 Å². The van der Waals surface area contributed by atoms with Crippen LogP contribution in [0, 0.1) is 6.92 Å². The van der Waals surface area contributed by atoms with Gasteiger partial charge >= 0.3 is 0 Å². The molecule has 136 valence electrons. The van der Waals surface area contributed by atoms with Gasteiger partial charge in [0, 0.05) is 45.0 Å². The Kier molecular flexibility index (Phi) is 4.93. The van der Waals surface area contributed by atoms with Crippen LogP contribution in [0.1, 0.15) is 16.7 Å². The molecule has 26 heavy (non-hydrogen) atoms. The summed E-state index contributed by atoms with van der Waals surface area (Å²) in [6.45, 7) is 8.16. The molecule has 0 radical (unpaired) electrons. The zero-order chi connectivity index (χ0) is 17.9. The maximum atomic E-state index is 12.7. The van der Waals surface area contributed by atoms with Gasteiger partial charge in [0.2, 0.25) is 5.91 Å². The molecular weight excluding hydrogens is 322 g/mol. The number of nitrogens with zero attached hydrogens (tertiary/aromatic N) is 3. The average Bonchev–Trinajstić information content (AvgIpc) is 2.68. The molecule has 0 unspecified atom stereocenters. The number of carbonyl (C=O) groups excluding carboxylic acids is 1. The van der Waals surface area contributed by atoms with Crippen molar-refractivity contribution in [1.29, 1.82) is 0 Å². The van der Waals surface area contributed by atoms with Gasteiger partial charge in [-0.3, -0.25) is 9.69 Å². The van der Waals surface area contributed by atoms with Crippen molar-refractivity contribution < 1.29 is 4.79 Å². The Morgan fingerprint density at radius 1 is 0.923 bits per heavy atom. The lowest BCUT2D eigenvalue weighted by Gasteiger charge is -2.37. The van der Waals surface area contributed by atoms with Crippen LogP contribution < -0.4 is 4.90 Å². The molecule has 4 heteroatoms. The van der Waals surface area contributed by atoms with Crippen molar-refractivity contribution in [2.75, 3.05) is 44.2 Å². The van der Waals surface area contributed by atoms with E-state index in [0.29, 0.717) is 6.54 Å². The molecule has 2 aromatic rings. The molecule has 4 nitrogen and oxygen atoms in total. The van der Waals surface area contributed by atoms with E-state index < -0.39 is 0 Å². The lowest BCUT2D eigenvalue weighted by molar-refractivity contribution is -0.133. The van der Waals surface area contributed by atoms with E-state index in [9.17, 15) is 4.79 Å². The first-order chi connectivity index (χ1) is 12.7. The van der Waals surface area contributed by atoms with Crippen molar-refractivity contribution in [2.24, 2.45) is 0 Å². The fourth-order valence-electron chi connectivity index (χ4n) is 3.99. The van der Waals surface area contributed by atoms with E-state index in [1.165, 1.54) is 22.4 Å². The SMILES string of the molecule is Cc1cccc(N2CCN(CC(=O)N3CCc4ccccc4C3)CC2)c1. The van der Waals surface area contributed by atoms with E-state index in [0.717, 1.165) is 45.7 Å². The Labute approximate surface area is 156 Å². The molecule has 0 atom stereocenters. The van der Waals surface area contributed by atoms with Crippen molar-refractivity contribution >= 4 is 11.6 Å². The van der Waals surface area contributed by atoms with E-state index in [1.54, 1.807) is 0 Å². The summed E-state index contributed by atoms with van der Waals surface area (Å²) in [6, 6.07) is 17.2. The molecule has 0 aliphatic carbocycles. The molecule has 0 aromatic heterocycles. The van der Waals surface area contributed by atoms with Gasteiger partial charge in [-0.05, 0) is 42.2 Å². The van der Waals surface area contributed by atoms with Crippen LogP contribution in [0.3, 0.4) is 0 Å². The smallest absolute Gasteiger partial charge is 0.237 e. The predicted octanol–water partition coefficient (Wildman–Crippen LogP) is 2.70. The summed E-state index contributed by atoms with van der Waals surface area (Å²) < 4.78 is 0. The second-order valence-corrected chi connectivity index (χ2v) is 7.44. The minimum Gasteiger partial charge on any atom is -0.369 e. The summed E-state index contributed by atoms with van der Waals surface area (Å²) in [7, 11) is 0. The number of carbonyl (C=O) groups is 1. The lowest BCUT2D eigenvalue weighted by Crippen LogP contribution is -2.50. The first kappa shape index (κ1) is 17.1. The normalized spacial score (nSPS) is 17.9. The van der Waals surface area contributed by atoms with Gasteiger partial charge in [0.05, 0.1) is 6.54 Å². The molecule has 0 spiro atoms. The van der Waals surface area contributed by atoms with Crippen LogP contribution in [0.2, 0.25) is 0 Å². The minimum absolute atomic E-state index is 0.267. The van der Waals surface area contributed by atoms with Gasteiger partial charge in [-0.2, -0.15) is 0 Å². The van der Waals surface area contributed by atoms with Crippen LogP contribution in [0.5, 0.6) is 0 Å². The van der Waals surface area contributed by atoms with Gasteiger partial charge in [0.25, 0.3) is 0 Å². The Bertz CT molecular complexity index is 780. The molecule has 4 rings (SSSR count). The number of benzene rings is 2. The van der Waals surface area contributed by atoms with Crippen molar-refractivity contribution in [1.82, 2.24) is 9.80 Å². The third-order valence-electron chi connectivity index (χ3n) is 5.58. The number of hydrogen-bond acceptors (Lipinski definition) is 3. The molecule has 0 saturated carbocycles. The Hall–Kier alpha value is -2.33. The summed E-state index contributed by atoms with van der Waals surface area (Å²) in [4.78, 5) is 19.5. The quantitative estimate of drug-likeness (QED) is 0.852. The van der Waals surface area contributed by atoms with Crippen LogP contribution in [0.15, 0.2) is 48.5 Å². The third kappa shape index (κ3) is 3.75. The third-order valence-corrected chi connectivity index (χ3v) is 5.58. The van der Waals surface area contributed by atoms with Crippen LogP contribution in [0.4, 0.5) is 5.69 Å². The molecule has 2 aliphatic heterocycles. The second-order valence-electron chi connectivity index (χ2n) is 7.44. The number of rotatable bonds is 3. The van der Waals surface area contributed by atoms with Crippen LogP contribution in [-0.4, -0.2) is 55.0 Å². The van der Waals surface area contributed by atoms with Crippen molar-refractivity contribution in [3.05, 3.63) is 65.2 Å². The zero-order valence-corrected chi connectivity index (χ0v) is 15.5. The molecule has 2 heterocycles. The Morgan fingerprint density at radius 2 is 1.69 bits per heavy atom. The number of anilines is 1. The van der Waals surface area contributed by atoms with E-state index in [2.05, 4.69) is 65.3 Å². The van der Waals surface area contributed by atoms with E-state index in [4.69, 9.17) is 0 Å². The topological polar surface area (TPSA) is 26.8 Å². The monoisotopic (exact) mass is 349 g/mol. The number of fused-ring (bicyclic) bond motifs is 1. The number of piperazine rings is 1. The maximum absolute atomic E-state index is 12.7. The summed E-state index contributed by atoms with van der Waals surface area (Å²) in [5, 5.41) is 0. The Morgan fingerprint density at radius 3 is 2.46 bits per heavy atom. The highest BCUT2D eigenvalue weighted by atomic mass is 16.2. The fourth-order valence-corrected chi connectivity index (χ4v) is 3.99. The largest absolute Gasteiger partial charge is 0.369 e. The molecule has 1 fully saturated rings. The van der Waals surface area contributed by atoms with Crippen molar-refractivity contribution in [2.45, 2.75) is 19.9 Å². The molecule has 0 N–H and O–H groups in total. The minimum atomic E-state index is 0.267. The van der Waals surface area contributed by atoms with Crippen LogP contribution >= 0.6 is 0 Å². The molecule has 2 aromatic carbocycles. The standard InChI is InChI=1S/C22H27N3O/c1-18-5-4-8-21(15-18)24-13-11-23(12-14-24)17-22(26)25-10-9-19-6-2-3-7-20(19)16-25/h2-8,15H,9-14,16-17H2,1H3. The Balaban J connectivity index is 1.30. The van der Waals surface area contributed by atoms with Crippen LogP contribution in [-0.2, 0) is 17.8 Å². The zero-order valence-electron chi connectivity index (χ0n) is 15.5. The van der Waals surface area contributed by atoms with Gasteiger partial charge in [-0.15, -0.1) is 0 Å². The maximum Gasteiger partial charge on any atom is 0.237 e. The number of aryl methyl sites for hydroxylation is 1. The van der Waals surface area contributed by atoms with Gasteiger partial charge in [0.15, 0.2) is 0 Å². The highest BCUT2D eigenvalue weighted by Gasteiger charge is 2.24. The lowest BCUT2D eigenvalue weighted by atomic mass is 10.00. The summed E-state index contributed by atoms with van der Waals surface area (Å²) in [5.41, 5.74) is 5.29. The van der Waals surface area contributed by atoms with E-state index >= 15 is 0 Å². The van der Waals surface area contributed by atoms with Crippen LogP contribution in [0.25, 0.3) is 0 Å². The molecule has 1 amide bonds. The molecule has 1 saturated heterocycles. The second kappa shape index (κ2) is 7.50. The fraction of sp³-hybridized carbons (Fsp3) is 0.409. The van der Waals surface area contributed by atoms with E-state index in [1.807, 2.05) is 4.90 Å². The first-order valence-corrected chi connectivity index (χ1v) is 9.57. The van der Waals surface area contributed by atoms with E-state index in [-0.39, 0.29) is 5.91 Å². The highest BCUT2D eigenvalue weighted by Crippen LogP contribution is 2.20. The average molecular weight is 349 g/mol. The van der Waals surface area contributed by atoms with Crippen molar-refractivity contribution in [3.8, 4) is 0 Å². The summed E-state index contributed by atoms with van der Waals surface area (Å²) in [5.74, 6) is 0.267. The summed E-state index contributed by atoms with van der Waals surface area (Å²) in [6.07, 6.45) is 0.975. The summed E-state index contributed by atoms with van der Waals surface area (Å²) >= 11 is 0. The van der Waals surface area contributed by atoms with Crippen molar-refractivity contribution in [3.63, 3.8) is 0 Å². The predicted molar refractivity (Wildman–Crippen MR) is 105 cm³/mol. The molecule has 2 aliphatic rings. The number of amides is 1. The van der Waals surface area contributed by atoms with Gasteiger partial charge in [-0.1, -0.05) is 36.4 Å². The first-order valence-electron chi connectivity index (χ1n) is 9.57. The highest BCUT2D eigenvalue weighted by molar-refractivity contribution is 5.78. The van der Waals surface area contributed by atoms with Gasteiger partial charge in [0.1, 0.15) is 0 Å². The molecular formula is C22H27N3O. The van der Waals surface area contributed by atoms with Gasteiger partial charge in [-0.25, -0.2) is 0 Å². The molecule has 0 bridgehead atoms. The number of hydrogen-bond donors (Lipinski definition) is 0.